The molecule has 1 aliphatic rings. The first kappa shape index (κ1) is 15.0. The Morgan fingerprint density at radius 3 is 2.79 bits per heavy atom. The Labute approximate surface area is 142 Å². The van der Waals surface area contributed by atoms with Crippen LogP contribution in [0.1, 0.15) is 45.3 Å². The first-order valence-electron chi connectivity index (χ1n) is 7.74. The lowest BCUT2D eigenvalue weighted by Crippen LogP contribution is -2.35. The van der Waals surface area contributed by atoms with E-state index in [0.717, 1.165) is 24.3 Å². The summed E-state index contributed by atoms with van der Waals surface area (Å²) in [6.45, 7) is 2.06. The number of aryl methyl sites for hydroxylation is 1. The summed E-state index contributed by atoms with van der Waals surface area (Å²) in [5.41, 5.74) is 2.38. The van der Waals surface area contributed by atoms with Gasteiger partial charge in [-0.15, -0.1) is 11.3 Å². The van der Waals surface area contributed by atoms with Gasteiger partial charge in [0.15, 0.2) is 5.82 Å². The van der Waals surface area contributed by atoms with Gasteiger partial charge in [-0.1, -0.05) is 35.0 Å². The SMILES string of the molecule is Cc1ccc(Cc2nc(C(=O)NC3(c4ncon4)CC3)cs2)cc1. The highest BCUT2D eigenvalue weighted by Crippen LogP contribution is 2.43. The maximum Gasteiger partial charge on any atom is 0.271 e. The Balaban J connectivity index is 1.45. The van der Waals surface area contributed by atoms with Gasteiger partial charge < -0.3 is 9.84 Å². The third-order valence-corrected chi connectivity index (χ3v) is 5.00. The second-order valence-corrected chi connectivity index (χ2v) is 7.02. The Morgan fingerprint density at radius 2 is 2.12 bits per heavy atom. The van der Waals surface area contributed by atoms with E-state index >= 15 is 0 Å². The summed E-state index contributed by atoms with van der Waals surface area (Å²) in [5, 5.41) is 9.56. The Morgan fingerprint density at radius 1 is 1.33 bits per heavy atom. The van der Waals surface area contributed by atoms with E-state index in [1.807, 2.05) is 0 Å². The zero-order chi connectivity index (χ0) is 16.6. The second-order valence-electron chi connectivity index (χ2n) is 6.08. The number of benzene rings is 1. The topological polar surface area (TPSA) is 80.9 Å². The van der Waals surface area contributed by atoms with E-state index in [4.69, 9.17) is 4.52 Å². The average Bonchev–Trinajstić information content (AvgIpc) is 3.02. The van der Waals surface area contributed by atoms with Crippen molar-refractivity contribution in [1.82, 2.24) is 20.4 Å². The van der Waals surface area contributed by atoms with Crippen molar-refractivity contribution in [2.45, 2.75) is 31.7 Å². The third-order valence-electron chi connectivity index (χ3n) is 4.15. The van der Waals surface area contributed by atoms with Gasteiger partial charge in [-0.05, 0) is 25.3 Å². The van der Waals surface area contributed by atoms with Gasteiger partial charge in [0.05, 0.1) is 5.01 Å². The molecule has 7 heteroatoms. The van der Waals surface area contributed by atoms with E-state index in [0.29, 0.717) is 11.5 Å². The maximum atomic E-state index is 12.5. The molecule has 6 nitrogen and oxygen atoms in total. The molecule has 1 amide bonds. The number of nitrogens with one attached hydrogen (secondary N) is 1. The predicted octanol–water partition coefficient (Wildman–Crippen LogP) is 2.84. The maximum absolute atomic E-state index is 12.5. The normalized spacial score (nSPS) is 15.2. The zero-order valence-corrected chi connectivity index (χ0v) is 14.0. The smallest absolute Gasteiger partial charge is 0.271 e. The lowest BCUT2D eigenvalue weighted by molar-refractivity contribution is 0.0923. The number of thiazole rings is 1. The molecule has 0 unspecified atom stereocenters. The molecule has 0 spiro atoms. The number of rotatable bonds is 5. The van der Waals surface area contributed by atoms with Crippen LogP contribution in [0.4, 0.5) is 0 Å². The quantitative estimate of drug-likeness (QED) is 0.772. The Kier molecular flexibility index (Phi) is 3.65. The first-order chi connectivity index (χ1) is 11.6. The van der Waals surface area contributed by atoms with Gasteiger partial charge in [0.25, 0.3) is 5.91 Å². The predicted molar refractivity (Wildman–Crippen MR) is 88.8 cm³/mol. The van der Waals surface area contributed by atoms with Crippen LogP contribution in [0.15, 0.2) is 40.6 Å². The molecular formula is C17H16N4O2S. The molecule has 0 bridgehead atoms. The van der Waals surface area contributed by atoms with Crippen LogP contribution < -0.4 is 5.32 Å². The third kappa shape index (κ3) is 2.94. The highest BCUT2D eigenvalue weighted by molar-refractivity contribution is 7.09. The average molecular weight is 340 g/mol. The summed E-state index contributed by atoms with van der Waals surface area (Å²) < 4.78 is 4.78. The van der Waals surface area contributed by atoms with E-state index in [9.17, 15) is 4.79 Å². The van der Waals surface area contributed by atoms with E-state index in [1.165, 1.54) is 28.9 Å². The fourth-order valence-corrected chi connectivity index (χ4v) is 3.38. The lowest BCUT2D eigenvalue weighted by Gasteiger charge is -2.11. The van der Waals surface area contributed by atoms with Crippen molar-refractivity contribution in [3.05, 3.63) is 63.7 Å². The molecule has 122 valence electrons. The molecule has 1 fully saturated rings. The summed E-state index contributed by atoms with van der Waals surface area (Å²) >= 11 is 1.50. The molecule has 1 aromatic carbocycles. The highest BCUT2D eigenvalue weighted by Gasteiger charge is 2.49. The number of hydrogen-bond donors (Lipinski definition) is 1. The van der Waals surface area contributed by atoms with Crippen molar-refractivity contribution in [3.8, 4) is 0 Å². The minimum Gasteiger partial charge on any atom is -0.343 e. The fraction of sp³-hybridized carbons (Fsp3) is 0.294. The molecule has 0 saturated heterocycles. The van der Waals surface area contributed by atoms with Crippen molar-refractivity contribution >= 4 is 17.2 Å². The summed E-state index contributed by atoms with van der Waals surface area (Å²) in [6.07, 6.45) is 3.65. The summed E-state index contributed by atoms with van der Waals surface area (Å²) in [7, 11) is 0. The van der Waals surface area contributed by atoms with E-state index in [1.54, 1.807) is 5.38 Å². The molecule has 0 atom stereocenters. The van der Waals surface area contributed by atoms with Crippen molar-refractivity contribution in [2.75, 3.05) is 0 Å². The second kappa shape index (κ2) is 5.83. The number of hydrogen-bond acceptors (Lipinski definition) is 6. The van der Waals surface area contributed by atoms with Gasteiger partial charge in [0.2, 0.25) is 6.39 Å². The lowest BCUT2D eigenvalue weighted by atomic mass is 10.1. The zero-order valence-electron chi connectivity index (χ0n) is 13.2. The van der Waals surface area contributed by atoms with Crippen LogP contribution in [0.25, 0.3) is 0 Å². The molecular weight excluding hydrogens is 324 g/mol. The van der Waals surface area contributed by atoms with Crippen molar-refractivity contribution in [1.29, 1.82) is 0 Å². The van der Waals surface area contributed by atoms with Gasteiger partial charge >= 0.3 is 0 Å². The molecule has 1 saturated carbocycles. The number of nitrogens with zero attached hydrogens (tertiary/aromatic N) is 3. The van der Waals surface area contributed by atoms with Crippen LogP contribution in [-0.2, 0) is 12.0 Å². The fourth-order valence-electron chi connectivity index (χ4n) is 2.57. The minimum absolute atomic E-state index is 0.191. The number of carbonyl (C=O) groups excluding carboxylic acids is 1. The van der Waals surface area contributed by atoms with Crippen molar-refractivity contribution in [3.63, 3.8) is 0 Å². The summed E-state index contributed by atoms with van der Waals surface area (Å²) in [4.78, 5) is 21.0. The van der Waals surface area contributed by atoms with Crippen LogP contribution in [-0.4, -0.2) is 21.0 Å². The van der Waals surface area contributed by atoms with Crippen LogP contribution >= 0.6 is 11.3 Å². The van der Waals surface area contributed by atoms with Crippen LogP contribution in [0.5, 0.6) is 0 Å². The summed E-state index contributed by atoms with van der Waals surface area (Å²) in [6, 6.07) is 8.34. The van der Waals surface area contributed by atoms with Gasteiger partial charge in [0.1, 0.15) is 11.2 Å². The minimum atomic E-state index is -0.481. The molecule has 4 rings (SSSR count). The van der Waals surface area contributed by atoms with Crippen molar-refractivity contribution in [2.24, 2.45) is 0 Å². The largest absolute Gasteiger partial charge is 0.343 e. The van der Waals surface area contributed by atoms with Crippen LogP contribution in [0.2, 0.25) is 0 Å². The molecule has 3 aromatic rings. The molecule has 24 heavy (non-hydrogen) atoms. The van der Waals surface area contributed by atoms with E-state index in [2.05, 4.69) is 51.6 Å². The highest BCUT2D eigenvalue weighted by atomic mass is 32.1. The molecule has 2 heterocycles. The van der Waals surface area contributed by atoms with Gasteiger partial charge in [0, 0.05) is 11.8 Å². The molecule has 0 aliphatic heterocycles. The Hall–Kier alpha value is -2.54. The van der Waals surface area contributed by atoms with Crippen LogP contribution in [0.3, 0.4) is 0 Å². The molecule has 0 radical (unpaired) electrons. The van der Waals surface area contributed by atoms with E-state index < -0.39 is 5.54 Å². The monoisotopic (exact) mass is 340 g/mol. The van der Waals surface area contributed by atoms with Crippen LogP contribution in [0, 0.1) is 6.92 Å². The Bertz CT molecular complexity index is 851. The van der Waals surface area contributed by atoms with Crippen molar-refractivity contribution < 1.29 is 9.32 Å². The van der Waals surface area contributed by atoms with E-state index in [-0.39, 0.29) is 5.91 Å². The number of carbonyl (C=O) groups is 1. The summed E-state index contributed by atoms with van der Waals surface area (Å²) in [5.74, 6) is 0.342. The molecule has 1 N–H and O–H groups in total. The number of aromatic nitrogens is 3. The molecule has 1 aliphatic carbocycles. The van der Waals surface area contributed by atoms with Gasteiger partial charge in [-0.25, -0.2) is 4.98 Å². The van der Waals surface area contributed by atoms with Gasteiger partial charge in [-0.3, -0.25) is 4.79 Å². The number of amides is 1. The van der Waals surface area contributed by atoms with Gasteiger partial charge in [-0.2, -0.15) is 4.98 Å². The first-order valence-corrected chi connectivity index (χ1v) is 8.62. The molecule has 2 aromatic heterocycles. The standard InChI is InChI=1S/C17H16N4O2S/c1-11-2-4-12(5-3-11)8-14-19-13(9-24-14)15(22)20-17(6-7-17)16-18-10-23-21-16/h2-5,9-10H,6-8H2,1H3,(H,20,22).